The Morgan fingerprint density at radius 1 is 1.24 bits per heavy atom. The second-order valence-corrected chi connectivity index (χ2v) is 5.17. The van der Waals surface area contributed by atoms with Gasteiger partial charge in [-0.05, 0) is 26.0 Å². The fourth-order valence-corrected chi connectivity index (χ4v) is 1.52. The number of nitrogens with two attached hydrogens (primary N) is 1. The van der Waals surface area contributed by atoms with Gasteiger partial charge in [0.05, 0.1) is 31.2 Å². The van der Waals surface area contributed by atoms with Gasteiger partial charge in [-0.2, -0.15) is 0 Å². The summed E-state index contributed by atoms with van der Waals surface area (Å²) in [6.45, 7) is 3.41. The van der Waals surface area contributed by atoms with Crippen molar-refractivity contribution in [1.82, 2.24) is 0 Å². The molecule has 0 unspecified atom stereocenters. The average Bonchev–Trinajstić information content (AvgIpc) is 2.46. The van der Waals surface area contributed by atoms with Gasteiger partial charge >= 0.3 is 11.9 Å². The lowest BCUT2D eigenvalue weighted by molar-refractivity contribution is -0.159. The van der Waals surface area contributed by atoms with Crippen molar-refractivity contribution >= 4 is 17.6 Å². The van der Waals surface area contributed by atoms with Gasteiger partial charge in [-0.1, -0.05) is 12.1 Å². The van der Waals surface area contributed by atoms with E-state index in [4.69, 9.17) is 15.2 Å². The molecule has 0 amide bonds. The third kappa shape index (κ3) is 5.33. The fraction of sp³-hybridized carbons (Fsp3) is 0.467. The molecule has 6 heteroatoms. The SMILES string of the molecule is COC(=O)C(C)(C)COC(=O)CCOc1ccccc1N. The molecule has 0 spiro atoms. The predicted molar refractivity (Wildman–Crippen MR) is 77.7 cm³/mol. The molecular formula is C15H21NO5. The third-order valence-electron chi connectivity index (χ3n) is 2.81. The summed E-state index contributed by atoms with van der Waals surface area (Å²) in [4.78, 5) is 23.0. The number of hydrogen-bond acceptors (Lipinski definition) is 6. The summed E-state index contributed by atoms with van der Waals surface area (Å²) in [5, 5.41) is 0. The number of carbonyl (C=O) groups excluding carboxylic acids is 2. The molecule has 0 aliphatic rings. The van der Waals surface area contributed by atoms with E-state index in [2.05, 4.69) is 4.74 Å². The Labute approximate surface area is 124 Å². The van der Waals surface area contributed by atoms with Crippen molar-refractivity contribution in [3.05, 3.63) is 24.3 Å². The molecule has 0 aliphatic heterocycles. The monoisotopic (exact) mass is 295 g/mol. The Kier molecular flexibility index (Phi) is 6.02. The Morgan fingerprint density at radius 2 is 1.90 bits per heavy atom. The summed E-state index contributed by atoms with van der Waals surface area (Å²) in [7, 11) is 1.30. The molecule has 0 aliphatic carbocycles. The molecule has 1 aromatic rings. The molecule has 0 aromatic heterocycles. The van der Waals surface area contributed by atoms with E-state index in [1.54, 1.807) is 38.1 Å². The Bertz CT molecular complexity index is 499. The molecule has 0 heterocycles. The van der Waals surface area contributed by atoms with Crippen molar-refractivity contribution in [2.24, 2.45) is 5.41 Å². The third-order valence-corrected chi connectivity index (χ3v) is 2.81. The highest BCUT2D eigenvalue weighted by molar-refractivity contribution is 5.76. The molecule has 2 N–H and O–H groups in total. The molecule has 0 bridgehead atoms. The standard InChI is InChI=1S/C15H21NO5/c1-15(2,14(18)19-3)10-21-13(17)8-9-20-12-7-5-4-6-11(12)16/h4-7H,8-10,16H2,1-3H3. The molecule has 0 radical (unpaired) electrons. The van der Waals surface area contributed by atoms with Crippen molar-refractivity contribution in [3.63, 3.8) is 0 Å². The van der Waals surface area contributed by atoms with E-state index >= 15 is 0 Å². The molecule has 116 valence electrons. The first-order valence-corrected chi connectivity index (χ1v) is 6.58. The number of benzene rings is 1. The van der Waals surface area contributed by atoms with Gasteiger partial charge in [0, 0.05) is 0 Å². The van der Waals surface area contributed by atoms with Gasteiger partial charge < -0.3 is 19.9 Å². The maximum absolute atomic E-state index is 11.6. The zero-order valence-corrected chi connectivity index (χ0v) is 12.5. The summed E-state index contributed by atoms with van der Waals surface area (Å²) in [6, 6.07) is 7.03. The molecule has 1 aromatic carbocycles. The number of esters is 2. The largest absolute Gasteiger partial charge is 0.491 e. The molecule has 1 rings (SSSR count). The van der Waals surface area contributed by atoms with Crippen LogP contribution in [0, 0.1) is 5.41 Å². The van der Waals surface area contributed by atoms with Gasteiger partial charge in [-0.3, -0.25) is 9.59 Å². The van der Waals surface area contributed by atoms with E-state index in [1.807, 2.05) is 0 Å². The first-order valence-electron chi connectivity index (χ1n) is 6.58. The first kappa shape index (κ1) is 16.8. The molecule has 6 nitrogen and oxygen atoms in total. The number of ether oxygens (including phenoxy) is 3. The molecule has 0 saturated carbocycles. The van der Waals surface area contributed by atoms with Gasteiger partial charge in [0.25, 0.3) is 0 Å². The molecule has 0 saturated heterocycles. The van der Waals surface area contributed by atoms with Crippen LogP contribution in [0.1, 0.15) is 20.3 Å². The summed E-state index contributed by atoms with van der Waals surface area (Å²) in [5.41, 5.74) is 5.36. The second kappa shape index (κ2) is 7.52. The minimum atomic E-state index is -0.866. The van der Waals surface area contributed by atoms with Crippen LogP contribution in [-0.2, 0) is 19.1 Å². The Hall–Kier alpha value is -2.24. The van der Waals surface area contributed by atoms with E-state index in [0.717, 1.165) is 0 Å². The van der Waals surface area contributed by atoms with E-state index in [9.17, 15) is 9.59 Å². The maximum Gasteiger partial charge on any atom is 0.314 e. The summed E-state index contributed by atoms with van der Waals surface area (Å²) in [6.07, 6.45) is 0.0750. The lowest BCUT2D eigenvalue weighted by Crippen LogP contribution is -2.32. The number of carbonyl (C=O) groups is 2. The van der Waals surface area contributed by atoms with E-state index < -0.39 is 17.4 Å². The second-order valence-electron chi connectivity index (χ2n) is 5.17. The number of anilines is 1. The van der Waals surface area contributed by atoms with Gasteiger partial charge in [0.1, 0.15) is 12.4 Å². The maximum atomic E-state index is 11.6. The van der Waals surface area contributed by atoms with E-state index in [-0.39, 0.29) is 19.6 Å². The van der Waals surface area contributed by atoms with Crippen LogP contribution in [0.3, 0.4) is 0 Å². The smallest absolute Gasteiger partial charge is 0.314 e. The van der Waals surface area contributed by atoms with Crippen LogP contribution in [0.25, 0.3) is 0 Å². The van der Waals surface area contributed by atoms with Gasteiger partial charge in [-0.25, -0.2) is 0 Å². The van der Waals surface area contributed by atoms with Crippen LogP contribution in [0.15, 0.2) is 24.3 Å². The minimum Gasteiger partial charge on any atom is -0.491 e. The topological polar surface area (TPSA) is 87.8 Å². The van der Waals surface area contributed by atoms with Crippen molar-refractivity contribution in [2.75, 3.05) is 26.1 Å². The van der Waals surface area contributed by atoms with Crippen molar-refractivity contribution in [3.8, 4) is 5.75 Å². The highest BCUT2D eigenvalue weighted by Gasteiger charge is 2.30. The van der Waals surface area contributed by atoms with Crippen LogP contribution in [-0.4, -0.2) is 32.3 Å². The molecule has 0 atom stereocenters. The van der Waals surface area contributed by atoms with Crippen molar-refractivity contribution in [2.45, 2.75) is 20.3 Å². The Morgan fingerprint density at radius 3 is 2.52 bits per heavy atom. The number of rotatable bonds is 7. The normalized spacial score (nSPS) is 10.8. The Balaban J connectivity index is 2.32. The highest BCUT2D eigenvalue weighted by Crippen LogP contribution is 2.20. The summed E-state index contributed by atoms with van der Waals surface area (Å²) in [5.74, 6) is -0.342. The zero-order chi connectivity index (χ0) is 15.9. The molecular weight excluding hydrogens is 274 g/mol. The van der Waals surface area contributed by atoms with E-state index in [0.29, 0.717) is 11.4 Å². The highest BCUT2D eigenvalue weighted by atomic mass is 16.5. The number of methoxy groups -OCH3 is 1. The number of para-hydroxylation sites is 2. The predicted octanol–water partition coefficient (Wildman–Crippen LogP) is 1.78. The van der Waals surface area contributed by atoms with Crippen LogP contribution in [0.2, 0.25) is 0 Å². The lowest BCUT2D eigenvalue weighted by Gasteiger charge is -2.20. The van der Waals surface area contributed by atoms with E-state index in [1.165, 1.54) is 7.11 Å². The zero-order valence-electron chi connectivity index (χ0n) is 12.5. The average molecular weight is 295 g/mol. The van der Waals surface area contributed by atoms with Crippen LogP contribution in [0.5, 0.6) is 5.75 Å². The fourth-order valence-electron chi connectivity index (χ4n) is 1.52. The first-order chi connectivity index (χ1) is 9.86. The van der Waals surface area contributed by atoms with Crippen LogP contribution < -0.4 is 10.5 Å². The summed E-state index contributed by atoms with van der Waals surface area (Å²) >= 11 is 0. The van der Waals surface area contributed by atoms with Crippen LogP contribution in [0.4, 0.5) is 5.69 Å². The van der Waals surface area contributed by atoms with Crippen molar-refractivity contribution < 1.29 is 23.8 Å². The van der Waals surface area contributed by atoms with Gasteiger partial charge in [0.2, 0.25) is 0 Å². The van der Waals surface area contributed by atoms with Crippen LogP contribution >= 0.6 is 0 Å². The number of hydrogen-bond donors (Lipinski definition) is 1. The lowest BCUT2D eigenvalue weighted by atomic mass is 9.95. The quantitative estimate of drug-likeness (QED) is 0.609. The summed E-state index contributed by atoms with van der Waals surface area (Å²) < 4.78 is 15.1. The van der Waals surface area contributed by atoms with Gasteiger partial charge in [-0.15, -0.1) is 0 Å². The molecule has 21 heavy (non-hydrogen) atoms. The van der Waals surface area contributed by atoms with Crippen molar-refractivity contribution in [1.29, 1.82) is 0 Å². The molecule has 0 fully saturated rings. The van der Waals surface area contributed by atoms with Gasteiger partial charge in [0.15, 0.2) is 0 Å². The minimum absolute atomic E-state index is 0.0357. The number of nitrogen functional groups attached to an aromatic ring is 1.